The Hall–Kier alpha value is -0.543. The fraction of sp³-hybridized carbons (Fsp3) is 0.500. The van der Waals surface area contributed by atoms with Gasteiger partial charge in [0.25, 0.3) is 8.32 Å². The Labute approximate surface area is 103 Å². The lowest BCUT2D eigenvalue weighted by Gasteiger charge is -2.36. The van der Waals surface area contributed by atoms with E-state index in [1.807, 2.05) is 0 Å². The van der Waals surface area contributed by atoms with Crippen LogP contribution in [0.1, 0.15) is 20.8 Å². The monoisotopic (exact) mass is 260 g/mol. The summed E-state index contributed by atoms with van der Waals surface area (Å²) in [6.07, 6.45) is 0. The molecule has 1 aromatic rings. The van der Waals surface area contributed by atoms with Crippen LogP contribution in [0.4, 0.5) is 4.39 Å². The molecule has 0 aliphatic rings. The van der Waals surface area contributed by atoms with Crippen LogP contribution in [0.15, 0.2) is 18.2 Å². The molecule has 0 heterocycles. The Bertz CT molecular complexity index is 365. The molecule has 0 spiro atoms. The van der Waals surface area contributed by atoms with Crippen molar-refractivity contribution < 1.29 is 8.82 Å². The largest absolute Gasteiger partial charge is 0.541 e. The molecular formula is C12H18ClFOSi. The standard InChI is InChI=1S/C12H18ClFOSi/c1-12(2,3)16(4,5)15-11-9(13)7-6-8-10(11)14/h6-8H,1-5H3. The van der Waals surface area contributed by atoms with Crippen molar-refractivity contribution in [3.8, 4) is 5.75 Å². The first-order valence-electron chi connectivity index (χ1n) is 5.28. The van der Waals surface area contributed by atoms with Crippen molar-refractivity contribution in [2.24, 2.45) is 0 Å². The first-order valence-corrected chi connectivity index (χ1v) is 8.57. The highest BCUT2D eigenvalue weighted by Gasteiger charge is 2.39. The molecule has 1 aromatic carbocycles. The third kappa shape index (κ3) is 2.77. The Morgan fingerprint density at radius 1 is 1.25 bits per heavy atom. The number of hydrogen-bond donors (Lipinski definition) is 0. The van der Waals surface area contributed by atoms with Crippen molar-refractivity contribution in [3.63, 3.8) is 0 Å². The maximum absolute atomic E-state index is 13.6. The van der Waals surface area contributed by atoms with Crippen LogP contribution in [-0.4, -0.2) is 8.32 Å². The van der Waals surface area contributed by atoms with Crippen LogP contribution < -0.4 is 4.43 Å². The van der Waals surface area contributed by atoms with Gasteiger partial charge in [0.2, 0.25) is 0 Å². The lowest BCUT2D eigenvalue weighted by atomic mass is 10.2. The lowest BCUT2D eigenvalue weighted by Crippen LogP contribution is -2.44. The zero-order valence-electron chi connectivity index (χ0n) is 10.4. The summed E-state index contributed by atoms with van der Waals surface area (Å²) in [6, 6.07) is 4.59. The van der Waals surface area contributed by atoms with Gasteiger partial charge in [-0.05, 0) is 30.3 Å². The molecule has 0 saturated carbocycles. The van der Waals surface area contributed by atoms with Crippen molar-refractivity contribution in [2.75, 3.05) is 0 Å². The molecule has 0 N–H and O–H groups in total. The topological polar surface area (TPSA) is 9.23 Å². The van der Waals surface area contributed by atoms with E-state index in [-0.39, 0.29) is 10.8 Å². The molecule has 0 atom stereocenters. The molecule has 0 fully saturated rings. The lowest BCUT2D eigenvalue weighted by molar-refractivity contribution is 0.457. The van der Waals surface area contributed by atoms with Crippen molar-refractivity contribution in [3.05, 3.63) is 29.0 Å². The molecule has 0 radical (unpaired) electrons. The maximum Gasteiger partial charge on any atom is 0.250 e. The molecule has 0 saturated heterocycles. The minimum atomic E-state index is -2.03. The first kappa shape index (κ1) is 13.5. The molecule has 0 aliphatic heterocycles. The van der Waals surface area contributed by atoms with Crippen LogP contribution in [0.25, 0.3) is 0 Å². The second kappa shape index (κ2) is 4.38. The Balaban J connectivity index is 3.06. The first-order chi connectivity index (χ1) is 7.15. The van der Waals surface area contributed by atoms with Gasteiger partial charge in [0.1, 0.15) is 0 Å². The van der Waals surface area contributed by atoms with E-state index < -0.39 is 14.1 Å². The summed E-state index contributed by atoms with van der Waals surface area (Å²) in [5.74, 6) is -0.201. The molecule has 1 rings (SSSR count). The third-order valence-corrected chi connectivity index (χ3v) is 7.71. The van der Waals surface area contributed by atoms with Crippen molar-refractivity contribution in [2.45, 2.75) is 38.9 Å². The van der Waals surface area contributed by atoms with Gasteiger partial charge in [-0.2, -0.15) is 0 Å². The summed E-state index contributed by atoms with van der Waals surface area (Å²) in [5, 5.41) is 0.364. The number of halogens is 2. The van der Waals surface area contributed by atoms with Crippen molar-refractivity contribution in [1.29, 1.82) is 0 Å². The van der Waals surface area contributed by atoms with Gasteiger partial charge in [-0.1, -0.05) is 38.4 Å². The molecular weight excluding hydrogens is 243 g/mol. The normalized spacial score (nSPS) is 12.7. The van der Waals surface area contributed by atoms with Gasteiger partial charge in [0.15, 0.2) is 11.6 Å². The predicted octanol–water partition coefficient (Wildman–Crippen LogP) is 4.86. The van der Waals surface area contributed by atoms with Gasteiger partial charge < -0.3 is 4.43 Å². The van der Waals surface area contributed by atoms with E-state index in [2.05, 4.69) is 33.9 Å². The zero-order chi connectivity index (χ0) is 12.6. The summed E-state index contributed by atoms with van der Waals surface area (Å²) >= 11 is 5.94. The Kier molecular flexibility index (Phi) is 3.70. The smallest absolute Gasteiger partial charge is 0.250 e. The number of hydrogen-bond acceptors (Lipinski definition) is 1. The number of rotatable bonds is 2. The van der Waals surface area contributed by atoms with E-state index in [0.29, 0.717) is 5.02 Å². The summed E-state index contributed by atoms with van der Waals surface area (Å²) in [5.41, 5.74) is 0. The zero-order valence-corrected chi connectivity index (χ0v) is 12.2. The van der Waals surface area contributed by atoms with E-state index in [1.165, 1.54) is 6.07 Å². The predicted molar refractivity (Wildman–Crippen MR) is 69.2 cm³/mol. The fourth-order valence-electron chi connectivity index (χ4n) is 0.988. The van der Waals surface area contributed by atoms with Crippen molar-refractivity contribution in [1.82, 2.24) is 0 Å². The molecule has 0 aromatic heterocycles. The van der Waals surface area contributed by atoms with Crippen LogP contribution in [-0.2, 0) is 0 Å². The molecule has 90 valence electrons. The number of benzene rings is 1. The summed E-state index contributed by atoms with van der Waals surface area (Å²) in [7, 11) is -2.03. The van der Waals surface area contributed by atoms with E-state index in [0.717, 1.165) is 0 Å². The molecule has 4 heteroatoms. The Morgan fingerprint density at radius 3 is 2.25 bits per heavy atom. The highest BCUT2D eigenvalue weighted by atomic mass is 35.5. The summed E-state index contributed by atoms with van der Waals surface area (Å²) in [6.45, 7) is 10.4. The molecule has 0 bridgehead atoms. The summed E-state index contributed by atoms with van der Waals surface area (Å²) < 4.78 is 19.4. The van der Waals surface area contributed by atoms with Gasteiger partial charge in [-0.3, -0.25) is 0 Å². The van der Waals surface area contributed by atoms with Crippen LogP contribution in [0, 0.1) is 5.82 Å². The van der Waals surface area contributed by atoms with E-state index in [9.17, 15) is 4.39 Å². The molecule has 0 aliphatic carbocycles. The average Bonchev–Trinajstić information content (AvgIpc) is 2.10. The van der Waals surface area contributed by atoms with Crippen LogP contribution in [0.3, 0.4) is 0 Å². The molecule has 1 nitrogen and oxygen atoms in total. The van der Waals surface area contributed by atoms with Crippen LogP contribution in [0.5, 0.6) is 5.75 Å². The van der Waals surface area contributed by atoms with Gasteiger partial charge in [0, 0.05) is 0 Å². The fourth-order valence-corrected chi connectivity index (χ4v) is 2.28. The average molecular weight is 261 g/mol. The Morgan fingerprint density at radius 2 is 1.81 bits per heavy atom. The van der Waals surface area contributed by atoms with Crippen LogP contribution >= 0.6 is 11.6 Å². The van der Waals surface area contributed by atoms with Gasteiger partial charge in [0.05, 0.1) is 5.02 Å². The van der Waals surface area contributed by atoms with Crippen molar-refractivity contribution >= 4 is 19.9 Å². The minimum Gasteiger partial charge on any atom is -0.541 e. The van der Waals surface area contributed by atoms with E-state index in [1.54, 1.807) is 12.1 Å². The highest BCUT2D eigenvalue weighted by molar-refractivity contribution is 6.74. The maximum atomic E-state index is 13.6. The van der Waals surface area contributed by atoms with Gasteiger partial charge in [-0.15, -0.1) is 0 Å². The SMILES string of the molecule is CC(C)(C)[Si](C)(C)Oc1c(F)cccc1Cl. The quantitative estimate of drug-likeness (QED) is 0.690. The molecule has 16 heavy (non-hydrogen) atoms. The van der Waals surface area contributed by atoms with E-state index in [4.69, 9.17) is 16.0 Å². The molecule has 0 unspecified atom stereocenters. The molecule has 0 amide bonds. The van der Waals surface area contributed by atoms with Gasteiger partial charge >= 0.3 is 0 Å². The highest BCUT2D eigenvalue weighted by Crippen LogP contribution is 2.39. The minimum absolute atomic E-state index is 0.0264. The summed E-state index contributed by atoms with van der Waals surface area (Å²) in [4.78, 5) is 0. The third-order valence-electron chi connectivity index (χ3n) is 3.08. The van der Waals surface area contributed by atoms with E-state index >= 15 is 0 Å². The second-order valence-electron chi connectivity index (χ2n) is 5.41. The van der Waals surface area contributed by atoms with Crippen LogP contribution in [0.2, 0.25) is 23.2 Å². The number of para-hydroxylation sites is 1. The second-order valence-corrected chi connectivity index (χ2v) is 10.5. The van der Waals surface area contributed by atoms with Gasteiger partial charge in [-0.25, -0.2) is 4.39 Å².